The maximum absolute atomic E-state index is 10.7. The van der Waals surface area contributed by atoms with Crippen molar-refractivity contribution in [2.45, 2.75) is 115 Å². The van der Waals surface area contributed by atoms with Crippen LogP contribution in [0.3, 0.4) is 0 Å². The van der Waals surface area contributed by atoms with E-state index in [1.807, 2.05) is 6.92 Å². The number of carbonyl (C=O) groups excluding carboxylic acids is 1. The molecule has 2 heterocycles. The first-order valence-corrected chi connectivity index (χ1v) is 13.3. The molecule has 0 bridgehead atoms. The van der Waals surface area contributed by atoms with Crippen LogP contribution >= 0.6 is 0 Å². The molecular formula is C28H53NO6. The number of likely N-dealkylation sites (tertiary alicyclic amines) is 1. The molecule has 3 rings (SSSR count). The van der Waals surface area contributed by atoms with Crippen molar-refractivity contribution in [3.8, 4) is 0 Å². The number of rotatable bonds is 11. The van der Waals surface area contributed by atoms with Crippen molar-refractivity contribution in [3.05, 3.63) is 11.6 Å². The van der Waals surface area contributed by atoms with Crippen molar-refractivity contribution < 1.29 is 28.8 Å². The fourth-order valence-corrected chi connectivity index (χ4v) is 4.97. The highest BCUT2D eigenvalue weighted by atomic mass is 16.6. The number of carbonyl (C=O) groups is 1. The predicted molar refractivity (Wildman–Crippen MR) is 141 cm³/mol. The molecule has 7 heteroatoms. The zero-order chi connectivity index (χ0) is 26.5. The minimum absolute atomic E-state index is 0.161. The van der Waals surface area contributed by atoms with Crippen LogP contribution in [0, 0.1) is 5.92 Å². The summed E-state index contributed by atoms with van der Waals surface area (Å²) in [6, 6.07) is 0. The first-order valence-electron chi connectivity index (χ1n) is 13.3. The average molecular weight is 500 g/mol. The fraction of sp³-hybridized carbons (Fsp3) is 0.893. The van der Waals surface area contributed by atoms with Gasteiger partial charge in [0.1, 0.15) is 0 Å². The number of epoxide rings is 1. The van der Waals surface area contributed by atoms with E-state index in [9.17, 15) is 9.90 Å². The first-order chi connectivity index (χ1) is 16.6. The van der Waals surface area contributed by atoms with E-state index in [2.05, 4.69) is 38.5 Å². The lowest BCUT2D eigenvalue weighted by molar-refractivity contribution is -0.131. The number of hydrogen-bond acceptors (Lipinski definition) is 6. The van der Waals surface area contributed by atoms with Crippen molar-refractivity contribution >= 4 is 6.41 Å². The molecule has 1 N–H and O–H groups in total. The SMILES string of the molecule is CCCCCCOC1CN(C=O)C1.COC.CO[C@@H]1CC[C@@](C)(O)C(C2(C)O[C@@H]2CC=C(C)C)C1. The third-order valence-corrected chi connectivity index (χ3v) is 7.34. The van der Waals surface area contributed by atoms with Gasteiger partial charge in [-0.25, -0.2) is 0 Å². The van der Waals surface area contributed by atoms with Gasteiger partial charge in [0.05, 0.1) is 29.5 Å². The molecule has 0 radical (unpaired) electrons. The number of methoxy groups -OCH3 is 2. The number of unbranched alkanes of at least 4 members (excludes halogenated alkanes) is 3. The zero-order valence-corrected chi connectivity index (χ0v) is 23.7. The molecule has 3 fully saturated rings. The zero-order valence-electron chi connectivity index (χ0n) is 23.7. The summed E-state index contributed by atoms with van der Waals surface area (Å²) in [6.45, 7) is 13.0. The van der Waals surface area contributed by atoms with Gasteiger partial charge in [-0.1, -0.05) is 37.8 Å². The van der Waals surface area contributed by atoms with Gasteiger partial charge in [-0.15, -0.1) is 0 Å². The van der Waals surface area contributed by atoms with Gasteiger partial charge >= 0.3 is 0 Å². The van der Waals surface area contributed by atoms with Gasteiger partial charge in [0, 0.05) is 46.9 Å². The van der Waals surface area contributed by atoms with E-state index in [0.29, 0.717) is 6.10 Å². The Morgan fingerprint density at radius 2 is 1.77 bits per heavy atom. The fourth-order valence-electron chi connectivity index (χ4n) is 4.97. The number of nitrogens with zero attached hydrogens (tertiary/aromatic N) is 1. The molecule has 2 aliphatic heterocycles. The maximum atomic E-state index is 10.7. The molecule has 1 saturated carbocycles. The minimum Gasteiger partial charge on any atom is -0.390 e. The number of ether oxygens (including phenoxy) is 4. The Kier molecular flexibility index (Phi) is 14.6. The quantitative estimate of drug-likeness (QED) is 0.191. The van der Waals surface area contributed by atoms with Crippen LogP contribution in [-0.4, -0.2) is 87.0 Å². The Bertz CT molecular complexity index is 615. The Labute approximate surface area is 214 Å². The van der Waals surface area contributed by atoms with E-state index < -0.39 is 5.60 Å². The molecule has 7 nitrogen and oxygen atoms in total. The molecule has 0 aromatic heterocycles. The van der Waals surface area contributed by atoms with Crippen molar-refractivity contribution in [3.63, 3.8) is 0 Å². The van der Waals surface area contributed by atoms with Crippen LogP contribution in [0.2, 0.25) is 0 Å². The smallest absolute Gasteiger partial charge is 0.209 e. The standard InChI is InChI=1S/C16H28O3.C10H19NO2.C2H6O/c1-11(2)6-7-14-16(4,19-14)13-10-12(18-5)8-9-15(13,3)17;1-2-3-4-5-6-13-10-7-11(8-10)9-12;1-3-2/h6,12-14,17H,7-10H2,1-5H3;9-10H,2-8H2,1H3;1-2H3/t12-,13?,14-,15-,16?;;/m1../s1. The second-order valence-corrected chi connectivity index (χ2v) is 10.9. The van der Waals surface area contributed by atoms with Crippen molar-refractivity contribution in [1.29, 1.82) is 0 Å². The molecular weight excluding hydrogens is 446 g/mol. The summed E-state index contributed by atoms with van der Waals surface area (Å²) >= 11 is 0. The van der Waals surface area contributed by atoms with Crippen LogP contribution in [0.5, 0.6) is 0 Å². The van der Waals surface area contributed by atoms with E-state index in [-0.39, 0.29) is 23.7 Å². The van der Waals surface area contributed by atoms with E-state index in [1.54, 1.807) is 26.2 Å². The Balaban J connectivity index is 0.000000333. The van der Waals surface area contributed by atoms with Crippen LogP contribution < -0.4 is 0 Å². The molecule has 3 aliphatic rings. The molecule has 0 aromatic rings. The molecule has 206 valence electrons. The highest BCUT2D eigenvalue weighted by Crippen LogP contribution is 2.53. The minimum atomic E-state index is -0.635. The lowest BCUT2D eigenvalue weighted by atomic mass is 9.68. The number of amides is 1. The van der Waals surface area contributed by atoms with Crippen molar-refractivity contribution in [1.82, 2.24) is 4.90 Å². The number of hydrogen-bond donors (Lipinski definition) is 1. The first kappa shape index (κ1) is 32.0. The average Bonchev–Trinajstić information content (AvgIpc) is 3.45. The summed E-state index contributed by atoms with van der Waals surface area (Å²) in [6.07, 6.45) is 12.5. The highest BCUT2D eigenvalue weighted by molar-refractivity contribution is 5.48. The molecule has 0 aromatic carbocycles. The van der Waals surface area contributed by atoms with Crippen LogP contribution in [0.25, 0.3) is 0 Å². The third kappa shape index (κ3) is 10.9. The Hall–Kier alpha value is -0.990. The highest BCUT2D eigenvalue weighted by Gasteiger charge is 2.62. The normalized spacial score (nSPS) is 31.8. The molecule has 1 amide bonds. The van der Waals surface area contributed by atoms with Gasteiger partial charge in [0.2, 0.25) is 6.41 Å². The van der Waals surface area contributed by atoms with E-state index in [4.69, 9.17) is 14.2 Å². The van der Waals surface area contributed by atoms with Gasteiger partial charge in [-0.05, 0) is 59.8 Å². The molecule has 2 unspecified atom stereocenters. The molecule has 5 atom stereocenters. The number of allylic oxidation sites excluding steroid dienone is 1. The monoisotopic (exact) mass is 499 g/mol. The van der Waals surface area contributed by atoms with Gasteiger partial charge in [-0.3, -0.25) is 4.79 Å². The second kappa shape index (κ2) is 16.0. The van der Waals surface area contributed by atoms with Gasteiger partial charge in [0.25, 0.3) is 0 Å². The second-order valence-electron chi connectivity index (χ2n) is 10.9. The Morgan fingerprint density at radius 1 is 1.11 bits per heavy atom. The number of aliphatic hydroxyl groups is 1. The lowest BCUT2D eigenvalue weighted by Crippen LogP contribution is -2.51. The topological polar surface area (TPSA) is 80.8 Å². The summed E-state index contributed by atoms with van der Waals surface area (Å²) in [4.78, 5) is 12.0. The lowest BCUT2D eigenvalue weighted by Gasteiger charge is -2.42. The van der Waals surface area contributed by atoms with Gasteiger partial charge in [0.15, 0.2) is 0 Å². The van der Waals surface area contributed by atoms with Gasteiger partial charge in [-0.2, -0.15) is 0 Å². The largest absolute Gasteiger partial charge is 0.390 e. The van der Waals surface area contributed by atoms with Gasteiger partial charge < -0.3 is 29.0 Å². The maximum Gasteiger partial charge on any atom is 0.209 e. The van der Waals surface area contributed by atoms with Crippen molar-refractivity contribution in [2.24, 2.45) is 5.92 Å². The summed E-state index contributed by atoms with van der Waals surface area (Å²) in [7, 11) is 5.01. The van der Waals surface area contributed by atoms with Crippen LogP contribution in [-0.2, 0) is 23.7 Å². The summed E-state index contributed by atoms with van der Waals surface area (Å²) < 4.78 is 21.3. The summed E-state index contributed by atoms with van der Waals surface area (Å²) in [5.41, 5.74) is 0.499. The molecule has 0 spiro atoms. The molecule has 2 saturated heterocycles. The van der Waals surface area contributed by atoms with E-state index >= 15 is 0 Å². The third-order valence-electron chi connectivity index (χ3n) is 7.34. The van der Waals surface area contributed by atoms with E-state index in [1.165, 1.54) is 24.8 Å². The summed E-state index contributed by atoms with van der Waals surface area (Å²) in [5, 5.41) is 10.7. The van der Waals surface area contributed by atoms with E-state index in [0.717, 1.165) is 58.2 Å². The van der Waals surface area contributed by atoms with Crippen LogP contribution in [0.15, 0.2) is 11.6 Å². The summed E-state index contributed by atoms with van der Waals surface area (Å²) in [5.74, 6) is 0.161. The van der Waals surface area contributed by atoms with Crippen LogP contribution in [0.4, 0.5) is 0 Å². The van der Waals surface area contributed by atoms with Crippen LogP contribution in [0.1, 0.15) is 86.0 Å². The predicted octanol–water partition coefficient (Wildman–Crippen LogP) is 4.75. The molecule has 35 heavy (non-hydrogen) atoms. The molecule has 1 aliphatic carbocycles. The Morgan fingerprint density at radius 3 is 2.31 bits per heavy atom. The van der Waals surface area contributed by atoms with Crippen molar-refractivity contribution in [2.75, 3.05) is 41.0 Å².